The van der Waals surface area contributed by atoms with Crippen molar-refractivity contribution in [2.45, 2.75) is 6.92 Å². The third kappa shape index (κ3) is 1.89. The van der Waals surface area contributed by atoms with Crippen LogP contribution in [0.25, 0.3) is 10.6 Å². The maximum Gasteiger partial charge on any atom is 0.233 e. The van der Waals surface area contributed by atoms with Crippen LogP contribution in [0.2, 0.25) is 0 Å². The molecule has 1 aromatic carbocycles. The van der Waals surface area contributed by atoms with Gasteiger partial charge in [-0.3, -0.25) is 4.79 Å². The minimum absolute atomic E-state index is 0.160. The van der Waals surface area contributed by atoms with Gasteiger partial charge in [0, 0.05) is 12.5 Å². The van der Waals surface area contributed by atoms with Crippen molar-refractivity contribution in [2.75, 3.05) is 0 Å². The molecule has 0 atom stereocenters. The summed E-state index contributed by atoms with van der Waals surface area (Å²) in [5, 5.41) is 10.1. The van der Waals surface area contributed by atoms with E-state index in [1.165, 1.54) is 18.3 Å². The van der Waals surface area contributed by atoms with Gasteiger partial charge in [0.2, 0.25) is 5.88 Å². The van der Waals surface area contributed by atoms with Crippen molar-refractivity contribution in [1.29, 1.82) is 0 Å². The quantitative estimate of drug-likeness (QED) is 0.790. The first kappa shape index (κ1) is 9.86. The molecule has 2 rings (SSSR count). The Balaban J connectivity index is 2.48. The Hall–Kier alpha value is -1.68. The van der Waals surface area contributed by atoms with Crippen LogP contribution in [-0.4, -0.2) is 15.9 Å². The predicted molar refractivity (Wildman–Crippen MR) is 59.2 cm³/mol. The lowest BCUT2D eigenvalue weighted by Crippen LogP contribution is -1.85. The number of benzene rings is 1. The molecule has 0 saturated heterocycles. The van der Waals surface area contributed by atoms with Crippen LogP contribution in [0.3, 0.4) is 0 Å². The summed E-state index contributed by atoms with van der Waals surface area (Å²) in [5.41, 5.74) is 0.908. The summed E-state index contributed by atoms with van der Waals surface area (Å²) in [5.74, 6) is -0.335. The first-order chi connectivity index (χ1) is 7.18. The van der Waals surface area contributed by atoms with Crippen LogP contribution < -0.4 is 0 Å². The van der Waals surface area contributed by atoms with Crippen LogP contribution in [0.15, 0.2) is 30.3 Å². The fourth-order valence-electron chi connectivity index (χ4n) is 1.25. The van der Waals surface area contributed by atoms with E-state index < -0.39 is 0 Å². The van der Waals surface area contributed by atoms with Gasteiger partial charge in [-0.1, -0.05) is 30.3 Å². The van der Waals surface area contributed by atoms with Crippen molar-refractivity contribution in [1.82, 2.24) is 4.98 Å². The van der Waals surface area contributed by atoms with Gasteiger partial charge in [0.15, 0.2) is 5.78 Å². The highest BCUT2D eigenvalue weighted by molar-refractivity contribution is 7.17. The average Bonchev–Trinajstić information content (AvgIpc) is 2.62. The molecular formula is C11H9NO2S. The Bertz CT molecular complexity index is 491. The Labute approximate surface area is 91.0 Å². The smallest absolute Gasteiger partial charge is 0.233 e. The lowest BCUT2D eigenvalue weighted by atomic mass is 10.2. The van der Waals surface area contributed by atoms with Crippen LogP contribution in [0.1, 0.15) is 16.6 Å². The lowest BCUT2D eigenvalue weighted by molar-refractivity contribution is 0.101. The Kier molecular flexibility index (Phi) is 2.51. The van der Waals surface area contributed by atoms with Crippen molar-refractivity contribution < 1.29 is 9.90 Å². The van der Waals surface area contributed by atoms with Crippen LogP contribution >= 0.6 is 11.3 Å². The normalized spacial score (nSPS) is 10.2. The van der Waals surface area contributed by atoms with Gasteiger partial charge in [-0.05, 0) is 0 Å². The minimum Gasteiger partial charge on any atom is -0.492 e. The maximum absolute atomic E-state index is 11.1. The third-order valence-electron chi connectivity index (χ3n) is 1.95. The monoisotopic (exact) mass is 219 g/mol. The molecule has 2 aromatic rings. The highest BCUT2D eigenvalue weighted by Crippen LogP contribution is 2.31. The summed E-state index contributed by atoms with van der Waals surface area (Å²) in [7, 11) is 0. The number of aromatic nitrogens is 1. The molecule has 0 amide bonds. The standard InChI is InChI=1S/C11H9NO2S/c1-7(13)9-10(14)12-11(15-9)8-5-3-2-4-6-8/h2-6,14H,1H3. The molecule has 0 bridgehead atoms. The number of hydrogen-bond donors (Lipinski definition) is 1. The molecule has 0 aliphatic heterocycles. The zero-order valence-electron chi connectivity index (χ0n) is 8.10. The van der Waals surface area contributed by atoms with Gasteiger partial charge in [0.25, 0.3) is 0 Å². The molecular weight excluding hydrogens is 210 g/mol. The highest BCUT2D eigenvalue weighted by atomic mass is 32.1. The van der Waals surface area contributed by atoms with E-state index in [1.807, 2.05) is 30.3 Å². The molecule has 0 saturated carbocycles. The van der Waals surface area contributed by atoms with Crippen molar-refractivity contribution >= 4 is 17.1 Å². The lowest BCUT2D eigenvalue weighted by Gasteiger charge is -1.92. The molecule has 0 aliphatic rings. The third-order valence-corrected chi connectivity index (χ3v) is 3.14. The summed E-state index contributed by atoms with van der Waals surface area (Å²) in [4.78, 5) is 15.4. The summed E-state index contributed by atoms with van der Waals surface area (Å²) >= 11 is 1.21. The largest absolute Gasteiger partial charge is 0.492 e. The maximum atomic E-state index is 11.1. The summed E-state index contributed by atoms with van der Waals surface area (Å²) in [6.45, 7) is 1.42. The van der Waals surface area contributed by atoms with Crippen molar-refractivity contribution in [2.24, 2.45) is 0 Å². The number of nitrogens with zero attached hydrogens (tertiary/aromatic N) is 1. The second-order valence-corrected chi connectivity index (χ2v) is 4.09. The second-order valence-electron chi connectivity index (χ2n) is 3.09. The minimum atomic E-state index is -0.175. The van der Waals surface area contributed by atoms with Gasteiger partial charge in [-0.15, -0.1) is 11.3 Å². The number of hydrogen-bond acceptors (Lipinski definition) is 4. The van der Waals surface area contributed by atoms with Gasteiger partial charge in [-0.25, -0.2) is 4.98 Å². The summed E-state index contributed by atoms with van der Waals surface area (Å²) in [6, 6.07) is 9.47. The fraction of sp³-hybridized carbons (Fsp3) is 0.0909. The molecule has 4 heteroatoms. The zero-order chi connectivity index (χ0) is 10.8. The molecule has 0 unspecified atom stereocenters. The van der Waals surface area contributed by atoms with Gasteiger partial charge < -0.3 is 5.11 Å². The van der Waals surface area contributed by atoms with Gasteiger partial charge in [0.1, 0.15) is 9.88 Å². The molecule has 3 nitrogen and oxygen atoms in total. The number of aromatic hydroxyl groups is 1. The predicted octanol–water partition coefficient (Wildman–Crippen LogP) is 2.72. The molecule has 0 fully saturated rings. The van der Waals surface area contributed by atoms with Crippen LogP contribution in [0, 0.1) is 0 Å². The number of carbonyl (C=O) groups excluding carboxylic acids is 1. The van der Waals surface area contributed by atoms with Gasteiger partial charge >= 0.3 is 0 Å². The van der Waals surface area contributed by atoms with E-state index in [0.29, 0.717) is 9.88 Å². The number of rotatable bonds is 2. The number of carbonyl (C=O) groups is 1. The van der Waals surface area contributed by atoms with E-state index in [1.54, 1.807) is 0 Å². The fourth-order valence-corrected chi connectivity index (χ4v) is 2.11. The van der Waals surface area contributed by atoms with Gasteiger partial charge in [0.05, 0.1) is 0 Å². The van der Waals surface area contributed by atoms with E-state index in [9.17, 15) is 9.90 Å². The number of ketones is 1. The molecule has 1 heterocycles. The molecule has 0 spiro atoms. The highest BCUT2D eigenvalue weighted by Gasteiger charge is 2.14. The van der Waals surface area contributed by atoms with Crippen LogP contribution in [0.4, 0.5) is 0 Å². The van der Waals surface area contributed by atoms with Gasteiger partial charge in [-0.2, -0.15) is 0 Å². The first-order valence-electron chi connectivity index (χ1n) is 4.44. The molecule has 76 valence electrons. The Morgan fingerprint density at radius 1 is 1.33 bits per heavy atom. The van der Waals surface area contributed by atoms with E-state index in [0.717, 1.165) is 5.56 Å². The van der Waals surface area contributed by atoms with Crippen LogP contribution in [-0.2, 0) is 0 Å². The van der Waals surface area contributed by atoms with Crippen molar-refractivity contribution in [3.8, 4) is 16.5 Å². The second kappa shape index (κ2) is 3.82. The SMILES string of the molecule is CC(=O)c1sc(-c2ccccc2)nc1O. The average molecular weight is 219 g/mol. The number of thiazole rings is 1. The molecule has 1 N–H and O–H groups in total. The zero-order valence-corrected chi connectivity index (χ0v) is 8.91. The van der Waals surface area contributed by atoms with Crippen LogP contribution in [0.5, 0.6) is 5.88 Å². The van der Waals surface area contributed by atoms with Crippen molar-refractivity contribution in [3.05, 3.63) is 35.2 Å². The van der Waals surface area contributed by atoms with E-state index in [4.69, 9.17) is 0 Å². The Morgan fingerprint density at radius 3 is 2.53 bits per heavy atom. The molecule has 1 aromatic heterocycles. The topological polar surface area (TPSA) is 50.2 Å². The summed E-state index contributed by atoms with van der Waals surface area (Å²) < 4.78 is 0. The molecule has 0 radical (unpaired) electrons. The van der Waals surface area contributed by atoms with E-state index in [-0.39, 0.29) is 11.7 Å². The first-order valence-corrected chi connectivity index (χ1v) is 5.26. The number of Topliss-reactive ketones (excluding diaryl/α,β-unsaturated/α-hetero) is 1. The molecule has 0 aliphatic carbocycles. The Morgan fingerprint density at radius 2 is 2.00 bits per heavy atom. The van der Waals surface area contributed by atoms with E-state index in [2.05, 4.69) is 4.98 Å². The van der Waals surface area contributed by atoms with Crippen molar-refractivity contribution in [3.63, 3.8) is 0 Å². The van der Waals surface area contributed by atoms with E-state index >= 15 is 0 Å². The molecule has 15 heavy (non-hydrogen) atoms. The summed E-state index contributed by atoms with van der Waals surface area (Å²) in [6.07, 6.45) is 0.